The lowest BCUT2D eigenvalue weighted by atomic mass is 9.64. The van der Waals surface area contributed by atoms with Gasteiger partial charge < -0.3 is 0 Å². The van der Waals surface area contributed by atoms with Crippen molar-refractivity contribution in [3.05, 3.63) is 0 Å². The minimum Gasteiger partial charge on any atom is -0.0651 e. The van der Waals surface area contributed by atoms with Crippen molar-refractivity contribution < 1.29 is 0 Å². The maximum atomic E-state index is 2.44. The van der Waals surface area contributed by atoms with E-state index in [4.69, 9.17) is 0 Å². The second-order valence-electron chi connectivity index (χ2n) is 37.3. The van der Waals surface area contributed by atoms with E-state index in [1.165, 1.54) is 134 Å². The highest BCUT2D eigenvalue weighted by atomic mass is 14.5. The summed E-state index contributed by atoms with van der Waals surface area (Å²) in [7, 11) is 0. The first-order valence-electron chi connectivity index (χ1n) is 35.8. The topological polar surface area (TPSA) is 0 Å². The van der Waals surface area contributed by atoms with Gasteiger partial charge in [-0.3, -0.25) is 0 Å². The predicted octanol–water partition coefficient (Wildman–Crippen LogP) is 27.2. The highest BCUT2D eigenvalue weighted by Gasteiger charge is 2.49. The Morgan fingerprint density at radius 2 is 0.797 bits per heavy atom. The van der Waals surface area contributed by atoms with Crippen molar-refractivity contribution in [2.75, 3.05) is 0 Å². The highest BCUT2D eigenvalue weighted by molar-refractivity contribution is 5.00. The van der Waals surface area contributed by atoms with Gasteiger partial charge in [0.15, 0.2) is 0 Å². The highest BCUT2D eigenvalue weighted by Crippen LogP contribution is 2.61. The fourth-order valence-electron chi connectivity index (χ4n) is 13.7. The van der Waals surface area contributed by atoms with Gasteiger partial charge in [-0.15, -0.1) is 0 Å². The molecule has 11 fully saturated rings. The summed E-state index contributed by atoms with van der Waals surface area (Å²) in [6.07, 6.45) is 32.4. The third-order valence-corrected chi connectivity index (χ3v) is 24.9. The average molecular weight is 1110 g/mol. The summed E-state index contributed by atoms with van der Waals surface area (Å²) in [6, 6.07) is 0. The zero-order valence-electron chi connectivity index (χ0n) is 61.4. The summed E-state index contributed by atoms with van der Waals surface area (Å²) in [6.45, 7) is 74.2. The van der Waals surface area contributed by atoms with E-state index in [-0.39, 0.29) is 0 Å². The van der Waals surface area contributed by atoms with E-state index < -0.39 is 0 Å². The average Bonchev–Trinajstić information content (AvgIpc) is 4.06. The molecule has 11 rings (SSSR count). The van der Waals surface area contributed by atoms with Gasteiger partial charge in [-0.1, -0.05) is 247 Å². The van der Waals surface area contributed by atoms with Gasteiger partial charge in [0.1, 0.15) is 0 Å². The van der Waals surface area contributed by atoms with Crippen LogP contribution >= 0.6 is 0 Å². The van der Waals surface area contributed by atoms with Gasteiger partial charge in [0.25, 0.3) is 0 Å². The van der Waals surface area contributed by atoms with Crippen LogP contribution in [0.4, 0.5) is 0 Å². The van der Waals surface area contributed by atoms with Crippen molar-refractivity contribution >= 4 is 0 Å². The lowest BCUT2D eigenvalue weighted by Crippen LogP contribution is -2.31. The van der Waals surface area contributed by atoms with Gasteiger partial charge in [0, 0.05) is 0 Å². The molecular formula is C79H158. The van der Waals surface area contributed by atoms with Crippen molar-refractivity contribution in [1.82, 2.24) is 0 Å². The summed E-state index contributed by atoms with van der Waals surface area (Å²) in [5, 5.41) is 0. The van der Waals surface area contributed by atoms with Crippen LogP contribution in [0, 0.1) is 144 Å². The van der Waals surface area contributed by atoms with E-state index >= 15 is 0 Å². The molecule has 0 aromatic heterocycles. The van der Waals surface area contributed by atoms with Gasteiger partial charge in [-0.05, 0) is 260 Å². The van der Waals surface area contributed by atoms with Crippen LogP contribution in [-0.4, -0.2) is 0 Å². The van der Waals surface area contributed by atoms with Crippen molar-refractivity contribution in [3.63, 3.8) is 0 Å². The third-order valence-electron chi connectivity index (χ3n) is 24.9. The van der Waals surface area contributed by atoms with Crippen molar-refractivity contribution in [1.29, 1.82) is 0 Å². The van der Waals surface area contributed by atoms with E-state index in [9.17, 15) is 0 Å². The molecule has 0 nitrogen and oxygen atoms in total. The zero-order valence-corrected chi connectivity index (χ0v) is 61.4. The molecule has 474 valence electrons. The Balaban J connectivity index is 0.000000434. The Kier molecular flexibility index (Phi) is 32.4. The third kappa shape index (κ3) is 30.8. The molecule has 0 spiro atoms. The van der Waals surface area contributed by atoms with Gasteiger partial charge in [0.05, 0.1) is 0 Å². The van der Waals surface area contributed by atoms with Crippen LogP contribution in [0.1, 0.15) is 363 Å². The van der Waals surface area contributed by atoms with E-state index in [1.54, 1.807) is 19.3 Å². The largest absolute Gasteiger partial charge is 0.0651 e. The second kappa shape index (κ2) is 33.2. The van der Waals surface area contributed by atoms with Crippen molar-refractivity contribution in [2.24, 2.45) is 144 Å². The first-order chi connectivity index (χ1) is 35.8. The van der Waals surface area contributed by atoms with Crippen LogP contribution in [0.5, 0.6) is 0 Å². The molecule has 0 heteroatoms. The van der Waals surface area contributed by atoms with Crippen molar-refractivity contribution in [3.8, 4) is 0 Å². The van der Waals surface area contributed by atoms with Crippen LogP contribution < -0.4 is 0 Å². The molecule has 79 heavy (non-hydrogen) atoms. The molecule has 0 bridgehead atoms. The molecule has 0 saturated heterocycles. The van der Waals surface area contributed by atoms with E-state index in [2.05, 4.69) is 222 Å². The Morgan fingerprint density at radius 3 is 0.835 bits per heavy atom. The maximum absolute atomic E-state index is 2.44. The van der Waals surface area contributed by atoms with Crippen LogP contribution in [0.3, 0.4) is 0 Å². The van der Waals surface area contributed by atoms with E-state index in [0.29, 0.717) is 32.5 Å². The molecule has 0 amide bonds. The fourth-order valence-corrected chi connectivity index (χ4v) is 13.7. The number of rotatable bonds is 5. The standard InChI is InChI=1S/2C8H18.2C7H12.7C7H14/c1-7(2,3)8(4,5)6;1-6-7(2)8(3,4)5;1-7(4-5-7)6-2-3-6;1-5-4-7(5)6-2-3-6;2*1-6-4-7(2,3)5-6;1-6-4-5-7(6,2)3;2*1-5-4-6(2)7(5)3;1-3-7-4-6(2)5-7;1-3-7-5-4-6(7)2/h1-6H3;7H,6H2,1-5H3;6H,2-5H2,1H3;5-7H,2-4H2,1H3;3*6H,4-5H2,1-3H3;2*5-7H,4H2,1-3H3;2*6-7H,3-5H2,1-2H3/t;;;5-,7?;;;;;;;/m...0......./s1. The van der Waals surface area contributed by atoms with Crippen LogP contribution in [-0.2, 0) is 0 Å². The minimum absolute atomic E-state index is 0.437. The first-order valence-corrected chi connectivity index (χ1v) is 35.8. The van der Waals surface area contributed by atoms with Crippen LogP contribution in [0.2, 0.25) is 0 Å². The smallest absolute Gasteiger partial charge is 0.0297 e. The number of hydrogen-bond donors (Lipinski definition) is 0. The Labute approximate surface area is 504 Å². The maximum Gasteiger partial charge on any atom is -0.0297 e. The molecule has 9 unspecified atom stereocenters. The lowest BCUT2D eigenvalue weighted by Gasteiger charge is -2.42. The van der Waals surface area contributed by atoms with Gasteiger partial charge in [-0.25, -0.2) is 0 Å². The first kappa shape index (κ1) is 77.0. The summed E-state index contributed by atoms with van der Waals surface area (Å²) < 4.78 is 0. The summed E-state index contributed by atoms with van der Waals surface area (Å²) in [4.78, 5) is 0. The molecule has 0 aromatic rings. The SMILES string of the molecule is CC(C)(C)C(C)(C)C.CC1(C2CC2)CC1.CC1CC(C)(C)C1.CC1CC(C)(C)C1.CC1CC(C)C1C.CC1CC(C)C1C.CC1CCC1(C)C.CCC(C)C(C)(C)C.CCC1CC(C)C1.CCC1CCC1C.C[C@H]1CC1C1CC1. The minimum atomic E-state index is 0.437. The molecular weight excluding hydrogens is 949 g/mol. The lowest BCUT2D eigenvalue weighted by molar-refractivity contribution is 0.0892. The summed E-state index contributed by atoms with van der Waals surface area (Å²) in [5.74, 6) is 18.8. The molecule has 11 aliphatic rings. The Hall–Kier alpha value is 0. The van der Waals surface area contributed by atoms with Gasteiger partial charge >= 0.3 is 0 Å². The van der Waals surface area contributed by atoms with Crippen LogP contribution in [0.25, 0.3) is 0 Å². The van der Waals surface area contributed by atoms with Gasteiger partial charge in [0.2, 0.25) is 0 Å². The summed E-state index contributed by atoms with van der Waals surface area (Å²) >= 11 is 0. The van der Waals surface area contributed by atoms with Gasteiger partial charge in [-0.2, -0.15) is 0 Å². The zero-order chi connectivity index (χ0) is 61.4. The molecule has 0 N–H and O–H groups in total. The molecule has 11 saturated carbocycles. The number of hydrogen-bond acceptors (Lipinski definition) is 0. The monoisotopic (exact) mass is 1110 g/mol. The van der Waals surface area contributed by atoms with Crippen LogP contribution in [0.15, 0.2) is 0 Å². The molecule has 0 aromatic carbocycles. The molecule has 0 aliphatic heterocycles. The van der Waals surface area contributed by atoms with E-state index in [1.807, 2.05) is 0 Å². The summed E-state index contributed by atoms with van der Waals surface area (Å²) in [5.41, 5.74) is 4.31. The molecule has 10 atom stereocenters. The predicted molar refractivity (Wildman–Crippen MR) is 363 cm³/mol. The quantitative estimate of drug-likeness (QED) is 0.257. The Morgan fingerprint density at radius 1 is 0.418 bits per heavy atom. The fraction of sp³-hybridized carbons (Fsp3) is 1.00. The molecule has 11 aliphatic carbocycles. The van der Waals surface area contributed by atoms with Crippen molar-refractivity contribution in [2.45, 2.75) is 363 Å². The molecule has 0 radical (unpaired) electrons. The Bertz CT molecular complexity index is 1470. The normalized spacial score (nSPS) is 35.3. The second-order valence-corrected chi connectivity index (χ2v) is 37.3. The van der Waals surface area contributed by atoms with E-state index in [0.717, 1.165) is 100 Å². The molecule has 0 heterocycles.